The van der Waals surface area contributed by atoms with Crippen LogP contribution in [0, 0.1) is 17.2 Å². The van der Waals surface area contributed by atoms with Crippen LogP contribution < -0.4 is 0 Å². The van der Waals surface area contributed by atoms with Gasteiger partial charge in [-0.15, -0.1) is 11.3 Å². The highest BCUT2D eigenvalue weighted by Crippen LogP contribution is 2.40. The van der Waals surface area contributed by atoms with Crippen LogP contribution >= 0.6 is 11.3 Å². The standard InChI is InChI=1S/C21H24N2S/c1-14-5-10-17-18(12-22)20(24-19(17)11-14)23-13-15-6-8-16(9-7-15)21(2,3)4/h6-9,13-14H,5,10-11H2,1-4H3/b23-13+. The average molecular weight is 337 g/mol. The summed E-state index contributed by atoms with van der Waals surface area (Å²) in [6, 6.07) is 10.9. The van der Waals surface area contributed by atoms with Crippen molar-refractivity contribution < 1.29 is 0 Å². The van der Waals surface area contributed by atoms with Gasteiger partial charge in [0.2, 0.25) is 0 Å². The lowest BCUT2D eigenvalue weighted by atomic mass is 9.87. The number of rotatable bonds is 2. The summed E-state index contributed by atoms with van der Waals surface area (Å²) in [5.74, 6) is 0.712. The maximum atomic E-state index is 9.54. The Balaban J connectivity index is 1.86. The molecular formula is C21H24N2S. The summed E-state index contributed by atoms with van der Waals surface area (Å²) in [7, 11) is 0. The van der Waals surface area contributed by atoms with Crippen molar-refractivity contribution in [2.75, 3.05) is 0 Å². The lowest BCUT2D eigenvalue weighted by Crippen LogP contribution is -2.10. The first-order valence-corrected chi connectivity index (χ1v) is 9.39. The Bertz CT molecular complexity index is 798. The zero-order valence-electron chi connectivity index (χ0n) is 14.9. The molecule has 0 radical (unpaired) electrons. The minimum Gasteiger partial charge on any atom is -0.244 e. The number of benzene rings is 1. The van der Waals surface area contributed by atoms with Gasteiger partial charge in [-0.2, -0.15) is 5.26 Å². The van der Waals surface area contributed by atoms with Crippen LogP contribution in [0.4, 0.5) is 5.00 Å². The summed E-state index contributed by atoms with van der Waals surface area (Å²) >= 11 is 1.70. The fourth-order valence-electron chi connectivity index (χ4n) is 3.14. The second-order valence-electron chi connectivity index (χ2n) is 7.77. The number of aliphatic imine (C=N–C) groups is 1. The van der Waals surface area contributed by atoms with Gasteiger partial charge in [-0.25, -0.2) is 4.99 Å². The number of thiophene rings is 1. The molecule has 1 aromatic heterocycles. The zero-order valence-corrected chi connectivity index (χ0v) is 15.7. The van der Waals surface area contributed by atoms with Gasteiger partial charge in [0.25, 0.3) is 0 Å². The number of nitrogens with zero attached hydrogens (tertiary/aromatic N) is 2. The average Bonchev–Trinajstić information content (AvgIpc) is 2.89. The van der Waals surface area contributed by atoms with Gasteiger partial charge in [-0.05, 0) is 47.3 Å². The van der Waals surface area contributed by atoms with Crippen LogP contribution in [0.15, 0.2) is 29.3 Å². The number of nitriles is 1. The molecule has 0 amide bonds. The lowest BCUT2D eigenvalue weighted by molar-refractivity contribution is 0.507. The summed E-state index contributed by atoms with van der Waals surface area (Å²) in [4.78, 5) is 6.00. The van der Waals surface area contributed by atoms with Gasteiger partial charge in [-0.1, -0.05) is 52.0 Å². The van der Waals surface area contributed by atoms with E-state index in [0.29, 0.717) is 5.92 Å². The van der Waals surface area contributed by atoms with Crippen LogP contribution in [0.1, 0.15) is 61.2 Å². The number of hydrogen-bond donors (Lipinski definition) is 0. The topological polar surface area (TPSA) is 36.1 Å². The smallest absolute Gasteiger partial charge is 0.134 e. The molecule has 1 atom stereocenters. The fourth-order valence-corrected chi connectivity index (χ4v) is 4.45. The molecule has 2 aromatic rings. The van der Waals surface area contributed by atoms with Gasteiger partial charge in [0, 0.05) is 11.1 Å². The van der Waals surface area contributed by atoms with Crippen LogP contribution in [0.5, 0.6) is 0 Å². The Morgan fingerprint density at radius 1 is 1.25 bits per heavy atom. The predicted octanol–water partition coefficient (Wildman–Crippen LogP) is 5.79. The van der Waals surface area contributed by atoms with E-state index in [1.165, 1.54) is 22.4 Å². The normalized spacial score (nSPS) is 17.7. The zero-order chi connectivity index (χ0) is 17.3. The van der Waals surface area contributed by atoms with Crippen molar-refractivity contribution in [3.05, 3.63) is 51.4 Å². The molecule has 1 heterocycles. The van der Waals surface area contributed by atoms with E-state index in [0.717, 1.165) is 29.0 Å². The fraction of sp³-hybridized carbons (Fsp3) is 0.429. The van der Waals surface area contributed by atoms with E-state index in [9.17, 15) is 5.26 Å². The second kappa shape index (κ2) is 6.53. The molecule has 0 saturated carbocycles. The maximum absolute atomic E-state index is 9.54. The molecule has 124 valence electrons. The first-order chi connectivity index (χ1) is 11.4. The Labute approximate surface area is 148 Å². The summed E-state index contributed by atoms with van der Waals surface area (Å²) in [6.07, 6.45) is 5.17. The Kier molecular flexibility index (Phi) is 4.60. The molecule has 1 aromatic carbocycles. The van der Waals surface area contributed by atoms with Crippen molar-refractivity contribution in [2.24, 2.45) is 10.9 Å². The highest BCUT2D eigenvalue weighted by molar-refractivity contribution is 7.16. The van der Waals surface area contributed by atoms with Crippen molar-refractivity contribution in [2.45, 2.75) is 52.4 Å². The van der Waals surface area contributed by atoms with E-state index < -0.39 is 0 Å². The Morgan fingerprint density at radius 3 is 2.58 bits per heavy atom. The van der Waals surface area contributed by atoms with Crippen molar-refractivity contribution >= 4 is 22.6 Å². The summed E-state index contributed by atoms with van der Waals surface area (Å²) < 4.78 is 0. The van der Waals surface area contributed by atoms with E-state index >= 15 is 0 Å². The molecule has 0 spiro atoms. The van der Waals surface area contributed by atoms with Crippen LogP contribution in [-0.2, 0) is 18.3 Å². The molecule has 0 N–H and O–H groups in total. The molecule has 0 fully saturated rings. The minimum absolute atomic E-state index is 0.160. The molecule has 0 aliphatic heterocycles. The summed E-state index contributed by atoms with van der Waals surface area (Å²) in [5, 5.41) is 10.4. The van der Waals surface area contributed by atoms with Gasteiger partial charge in [0.15, 0.2) is 0 Å². The van der Waals surface area contributed by atoms with E-state index in [2.05, 4.69) is 63.0 Å². The molecule has 3 rings (SSSR count). The van der Waals surface area contributed by atoms with Crippen LogP contribution in [0.3, 0.4) is 0 Å². The summed E-state index contributed by atoms with van der Waals surface area (Å²) in [5.41, 5.74) is 4.59. The van der Waals surface area contributed by atoms with Gasteiger partial charge in [-0.3, -0.25) is 0 Å². The second-order valence-corrected chi connectivity index (χ2v) is 8.86. The largest absolute Gasteiger partial charge is 0.244 e. The van der Waals surface area contributed by atoms with Crippen LogP contribution in [-0.4, -0.2) is 6.21 Å². The van der Waals surface area contributed by atoms with Crippen molar-refractivity contribution in [3.8, 4) is 6.07 Å². The highest BCUT2D eigenvalue weighted by Gasteiger charge is 2.23. The van der Waals surface area contributed by atoms with E-state index in [1.54, 1.807) is 11.3 Å². The third-order valence-corrected chi connectivity index (χ3v) is 5.87. The number of fused-ring (bicyclic) bond motifs is 1. The lowest BCUT2D eigenvalue weighted by Gasteiger charge is -2.18. The maximum Gasteiger partial charge on any atom is 0.134 e. The predicted molar refractivity (Wildman–Crippen MR) is 103 cm³/mol. The first-order valence-electron chi connectivity index (χ1n) is 8.57. The number of hydrogen-bond acceptors (Lipinski definition) is 3. The summed E-state index contributed by atoms with van der Waals surface area (Å²) in [6.45, 7) is 8.93. The molecule has 2 nitrogen and oxygen atoms in total. The van der Waals surface area contributed by atoms with Crippen molar-refractivity contribution in [3.63, 3.8) is 0 Å². The molecule has 1 aliphatic carbocycles. The molecule has 1 aliphatic rings. The van der Waals surface area contributed by atoms with Crippen molar-refractivity contribution in [1.29, 1.82) is 5.26 Å². The monoisotopic (exact) mass is 336 g/mol. The van der Waals surface area contributed by atoms with Gasteiger partial charge in [0.05, 0.1) is 5.56 Å². The minimum atomic E-state index is 0.160. The molecule has 1 unspecified atom stereocenters. The molecule has 0 bridgehead atoms. The molecule has 3 heteroatoms. The molecule has 0 saturated heterocycles. The highest BCUT2D eigenvalue weighted by atomic mass is 32.1. The molecule has 24 heavy (non-hydrogen) atoms. The quantitative estimate of drug-likeness (QED) is 0.639. The Morgan fingerprint density at radius 2 is 1.96 bits per heavy atom. The van der Waals surface area contributed by atoms with Crippen LogP contribution in [0.25, 0.3) is 0 Å². The first kappa shape index (κ1) is 16.9. The van der Waals surface area contributed by atoms with E-state index in [1.807, 2.05) is 6.21 Å². The van der Waals surface area contributed by atoms with E-state index in [-0.39, 0.29) is 5.41 Å². The van der Waals surface area contributed by atoms with Gasteiger partial charge in [0.1, 0.15) is 11.1 Å². The third-order valence-electron chi connectivity index (χ3n) is 4.71. The SMILES string of the molecule is CC1CCc2c(sc(/N=C/c3ccc(C(C)(C)C)cc3)c2C#N)C1. The van der Waals surface area contributed by atoms with E-state index in [4.69, 9.17) is 0 Å². The third kappa shape index (κ3) is 3.44. The van der Waals surface area contributed by atoms with Gasteiger partial charge >= 0.3 is 0 Å². The van der Waals surface area contributed by atoms with Crippen LogP contribution in [0.2, 0.25) is 0 Å². The van der Waals surface area contributed by atoms with Crippen molar-refractivity contribution in [1.82, 2.24) is 0 Å². The Hall–Kier alpha value is -1.92. The molecular weight excluding hydrogens is 312 g/mol. The van der Waals surface area contributed by atoms with Gasteiger partial charge < -0.3 is 0 Å².